The van der Waals surface area contributed by atoms with Crippen molar-refractivity contribution in [3.63, 3.8) is 0 Å². The van der Waals surface area contributed by atoms with Crippen LogP contribution in [-0.2, 0) is 5.33 Å². The number of hydrogen-bond acceptors (Lipinski definition) is 1. The van der Waals surface area contributed by atoms with Crippen LogP contribution in [0.15, 0.2) is 24.3 Å². The van der Waals surface area contributed by atoms with Crippen molar-refractivity contribution in [2.24, 2.45) is 0 Å². The number of carbonyl (C=O) groups excluding carboxylic acids is 1. The third-order valence-electron chi connectivity index (χ3n) is 2.70. The van der Waals surface area contributed by atoms with Crippen molar-refractivity contribution in [1.29, 1.82) is 0 Å². The lowest BCUT2D eigenvalue weighted by Gasteiger charge is -2.26. The molecule has 0 spiro atoms. The first-order valence-electron chi connectivity index (χ1n) is 6.06. The van der Waals surface area contributed by atoms with Gasteiger partial charge in [-0.15, -0.1) is 0 Å². The van der Waals surface area contributed by atoms with Gasteiger partial charge in [0.2, 0.25) is 0 Å². The van der Waals surface area contributed by atoms with Crippen LogP contribution >= 0.6 is 15.9 Å². The normalized spacial score (nSPS) is 10.6. The maximum absolute atomic E-state index is 12.3. The molecular weight excluding hydrogens is 278 g/mol. The monoisotopic (exact) mass is 297 g/mol. The molecule has 0 atom stereocenters. The Kier molecular flexibility index (Phi) is 5.69. The quantitative estimate of drug-likeness (QED) is 0.756. The zero-order chi connectivity index (χ0) is 12.8. The van der Waals surface area contributed by atoms with Crippen molar-refractivity contribution in [3.05, 3.63) is 35.4 Å². The van der Waals surface area contributed by atoms with Crippen molar-refractivity contribution in [2.75, 3.05) is 6.54 Å². The molecule has 0 aliphatic heterocycles. The fraction of sp³-hybridized carbons (Fsp3) is 0.500. The Morgan fingerprint density at radius 1 is 1.29 bits per heavy atom. The van der Waals surface area contributed by atoms with E-state index in [1.807, 2.05) is 29.2 Å². The van der Waals surface area contributed by atoms with Crippen LogP contribution in [0.2, 0.25) is 0 Å². The molecule has 0 saturated carbocycles. The van der Waals surface area contributed by atoms with Gasteiger partial charge in [0, 0.05) is 23.5 Å². The largest absolute Gasteiger partial charge is 0.336 e. The summed E-state index contributed by atoms with van der Waals surface area (Å²) in [6.45, 7) is 7.02. The van der Waals surface area contributed by atoms with Crippen LogP contribution in [-0.4, -0.2) is 23.4 Å². The molecule has 0 heterocycles. The van der Waals surface area contributed by atoms with Crippen LogP contribution in [0.1, 0.15) is 43.1 Å². The van der Waals surface area contributed by atoms with E-state index >= 15 is 0 Å². The Labute approximate surface area is 112 Å². The molecule has 0 saturated heterocycles. The molecule has 1 rings (SSSR count). The highest BCUT2D eigenvalue weighted by atomic mass is 79.9. The summed E-state index contributed by atoms with van der Waals surface area (Å²) in [5.74, 6) is 0.128. The first kappa shape index (κ1) is 14.2. The number of amides is 1. The second-order valence-electron chi connectivity index (χ2n) is 4.42. The van der Waals surface area contributed by atoms with Crippen LogP contribution < -0.4 is 0 Å². The number of hydrogen-bond donors (Lipinski definition) is 0. The van der Waals surface area contributed by atoms with Gasteiger partial charge in [-0.2, -0.15) is 0 Å². The number of halogens is 1. The number of alkyl halides is 1. The fourth-order valence-corrected chi connectivity index (χ4v) is 2.11. The zero-order valence-electron chi connectivity index (χ0n) is 10.7. The van der Waals surface area contributed by atoms with E-state index in [9.17, 15) is 4.79 Å². The molecule has 0 unspecified atom stereocenters. The van der Waals surface area contributed by atoms with E-state index in [4.69, 9.17) is 0 Å². The van der Waals surface area contributed by atoms with Gasteiger partial charge in [-0.3, -0.25) is 4.79 Å². The molecule has 1 aromatic carbocycles. The second-order valence-corrected chi connectivity index (χ2v) is 4.98. The summed E-state index contributed by atoms with van der Waals surface area (Å²) in [5.41, 5.74) is 1.96. The maximum atomic E-state index is 12.3. The fourth-order valence-electron chi connectivity index (χ4n) is 1.74. The summed E-state index contributed by atoms with van der Waals surface area (Å²) in [6.07, 6.45) is 0.989. The Hall–Kier alpha value is -0.830. The van der Waals surface area contributed by atoms with Crippen LogP contribution in [0.5, 0.6) is 0 Å². The van der Waals surface area contributed by atoms with Gasteiger partial charge >= 0.3 is 0 Å². The van der Waals surface area contributed by atoms with Gasteiger partial charge < -0.3 is 4.90 Å². The van der Waals surface area contributed by atoms with E-state index in [2.05, 4.69) is 36.7 Å². The molecule has 1 aromatic rings. The topological polar surface area (TPSA) is 20.3 Å². The molecule has 17 heavy (non-hydrogen) atoms. The number of benzene rings is 1. The highest BCUT2D eigenvalue weighted by molar-refractivity contribution is 9.08. The molecular formula is C14H20BrNO. The number of rotatable bonds is 5. The molecule has 3 heteroatoms. The summed E-state index contributed by atoms with van der Waals surface area (Å²) in [7, 11) is 0. The highest BCUT2D eigenvalue weighted by Gasteiger charge is 2.17. The Bertz CT molecular complexity index is 359. The number of carbonyl (C=O) groups is 1. The summed E-state index contributed by atoms with van der Waals surface area (Å²) in [5, 5.41) is 0.824. The van der Waals surface area contributed by atoms with Gasteiger partial charge in [0.15, 0.2) is 0 Å². The Balaban J connectivity index is 2.85. The highest BCUT2D eigenvalue weighted by Crippen LogP contribution is 2.12. The zero-order valence-corrected chi connectivity index (χ0v) is 12.3. The molecule has 0 radical (unpaired) electrons. The van der Waals surface area contributed by atoms with E-state index in [0.29, 0.717) is 0 Å². The van der Waals surface area contributed by atoms with Gasteiger partial charge in [0.25, 0.3) is 5.91 Å². The minimum Gasteiger partial charge on any atom is -0.336 e. The lowest BCUT2D eigenvalue weighted by molar-refractivity contribution is 0.0706. The standard InChI is InChI=1S/C14H20BrNO/c1-4-9-16(11(2)3)14(17)13-7-5-12(10-15)6-8-13/h5-8,11H,4,9-10H2,1-3H3. The predicted octanol–water partition coefficient (Wildman–Crippen LogP) is 3.84. The molecule has 0 aliphatic rings. The first-order chi connectivity index (χ1) is 8.10. The third kappa shape index (κ3) is 3.84. The van der Waals surface area contributed by atoms with Gasteiger partial charge in [-0.1, -0.05) is 35.0 Å². The van der Waals surface area contributed by atoms with Crippen LogP contribution in [0.4, 0.5) is 0 Å². The maximum Gasteiger partial charge on any atom is 0.254 e. The SMILES string of the molecule is CCCN(C(=O)c1ccc(CBr)cc1)C(C)C. The molecule has 0 bridgehead atoms. The molecule has 1 amide bonds. The summed E-state index contributed by atoms with van der Waals surface area (Å²) >= 11 is 3.40. The predicted molar refractivity (Wildman–Crippen MR) is 75.5 cm³/mol. The van der Waals surface area contributed by atoms with Crippen molar-refractivity contribution >= 4 is 21.8 Å². The van der Waals surface area contributed by atoms with Gasteiger partial charge in [0.05, 0.1) is 0 Å². The molecule has 0 aromatic heterocycles. The summed E-state index contributed by atoms with van der Waals surface area (Å²) in [4.78, 5) is 14.2. The van der Waals surface area contributed by atoms with E-state index in [-0.39, 0.29) is 11.9 Å². The first-order valence-corrected chi connectivity index (χ1v) is 7.18. The molecule has 0 aliphatic carbocycles. The van der Waals surface area contributed by atoms with Crippen molar-refractivity contribution in [1.82, 2.24) is 4.90 Å². The second kappa shape index (κ2) is 6.80. The van der Waals surface area contributed by atoms with E-state index in [0.717, 1.165) is 23.9 Å². The molecule has 0 N–H and O–H groups in total. The smallest absolute Gasteiger partial charge is 0.254 e. The van der Waals surface area contributed by atoms with Gasteiger partial charge in [-0.05, 0) is 38.0 Å². The van der Waals surface area contributed by atoms with Crippen LogP contribution in [0.3, 0.4) is 0 Å². The Morgan fingerprint density at radius 2 is 1.88 bits per heavy atom. The number of nitrogens with zero attached hydrogens (tertiary/aromatic N) is 1. The van der Waals surface area contributed by atoms with E-state index in [1.54, 1.807) is 0 Å². The minimum absolute atomic E-state index is 0.128. The van der Waals surface area contributed by atoms with Crippen LogP contribution in [0.25, 0.3) is 0 Å². The average molecular weight is 298 g/mol. The lowest BCUT2D eigenvalue weighted by atomic mass is 10.1. The van der Waals surface area contributed by atoms with Crippen molar-refractivity contribution in [3.8, 4) is 0 Å². The van der Waals surface area contributed by atoms with Crippen molar-refractivity contribution < 1.29 is 4.79 Å². The van der Waals surface area contributed by atoms with E-state index in [1.165, 1.54) is 5.56 Å². The molecule has 94 valence electrons. The minimum atomic E-state index is 0.128. The summed E-state index contributed by atoms with van der Waals surface area (Å²) < 4.78 is 0. The van der Waals surface area contributed by atoms with Gasteiger partial charge in [0.1, 0.15) is 0 Å². The van der Waals surface area contributed by atoms with Crippen molar-refractivity contribution in [2.45, 2.75) is 38.6 Å². The molecule has 2 nitrogen and oxygen atoms in total. The third-order valence-corrected chi connectivity index (χ3v) is 3.35. The van der Waals surface area contributed by atoms with Crippen LogP contribution in [0, 0.1) is 0 Å². The van der Waals surface area contributed by atoms with E-state index < -0.39 is 0 Å². The molecule has 0 fully saturated rings. The average Bonchev–Trinajstić information content (AvgIpc) is 2.35. The Morgan fingerprint density at radius 3 is 2.29 bits per heavy atom. The van der Waals surface area contributed by atoms with Gasteiger partial charge in [-0.25, -0.2) is 0 Å². The lowest BCUT2D eigenvalue weighted by Crippen LogP contribution is -2.37. The summed E-state index contributed by atoms with van der Waals surface area (Å²) in [6, 6.07) is 8.05.